The van der Waals surface area contributed by atoms with Gasteiger partial charge in [0, 0.05) is 10.9 Å². The lowest BCUT2D eigenvalue weighted by molar-refractivity contribution is -0.150. The number of fused-ring (bicyclic) bond motifs is 1. The van der Waals surface area contributed by atoms with E-state index < -0.39 is 44.1 Å². The van der Waals surface area contributed by atoms with Crippen molar-refractivity contribution in [2.45, 2.75) is 36.4 Å². The molecule has 0 aromatic heterocycles. The Hall–Kier alpha value is -2.53. The summed E-state index contributed by atoms with van der Waals surface area (Å²) in [5.74, 6) is -0.804. The molecule has 0 amide bonds. The molecule has 2 aromatic carbocycles. The normalized spacial score (nSPS) is 19.8. The first-order valence-corrected chi connectivity index (χ1v) is 12.2. The van der Waals surface area contributed by atoms with Gasteiger partial charge in [0.15, 0.2) is 0 Å². The number of halogens is 4. The Morgan fingerprint density at radius 2 is 1.88 bits per heavy atom. The average Bonchev–Trinajstić information content (AvgIpc) is 3.23. The predicted molar refractivity (Wildman–Crippen MR) is 118 cm³/mol. The number of carbonyl (C=O) groups is 1. The van der Waals surface area contributed by atoms with Gasteiger partial charge in [-0.25, -0.2) is 8.42 Å². The van der Waals surface area contributed by atoms with E-state index in [1.54, 1.807) is 24.3 Å². The molecular weight excluding hydrogens is 527 g/mol. The van der Waals surface area contributed by atoms with Crippen molar-refractivity contribution in [2.24, 2.45) is 5.41 Å². The highest BCUT2D eigenvalue weighted by molar-refractivity contribution is 9.10. The minimum Gasteiger partial charge on any atom is -0.486 e. The van der Waals surface area contributed by atoms with Crippen LogP contribution in [0.1, 0.15) is 24.8 Å². The molecule has 33 heavy (non-hydrogen) atoms. The summed E-state index contributed by atoms with van der Waals surface area (Å²) in [4.78, 5) is 11.5. The second-order valence-electron chi connectivity index (χ2n) is 8.08. The number of alkyl halides is 3. The Bertz CT molecular complexity index is 1220. The Kier molecular flexibility index (Phi) is 5.98. The van der Waals surface area contributed by atoms with E-state index in [1.807, 2.05) is 0 Å². The molecule has 0 fully saturated rings. The minimum atomic E-state index is -4.71. The van der Waals surface area contributed by atoms with Gasteiger partial charge in [-0.05, 0) is 49.2 Å². The van der Waals surface area contributed by atoms with Crippen molar-refractivity contribution in [1.29, 1.82) is 0 Å². The molecule has 4 rings (SSSR count). The molecule has 0 bridgehead atoms. The fraction of sp³-hybridized carbons (Fsp3) is 0.318. The van der Waals surface area contributed by atoms with E-state index in [1.165, 1.54) is 6.07 Å². The van der Waals surface area contributed by atoms with Gasteiger partial charge in [0.05, 0.1) is 28.1 Å². The topological polar surface area (TPSA) is 83.9 Å². The lowest BCUT2D eigenvalue weighted by Crippen LogP contribution is -2.46. The quantitative estimate of drug-likeness (QED) is 0.519. The van der Waals surface area contributed by atoms with Crippen LogP contribution < -0.4 is 9.04 Å². The van der Waals surface area contributed by atoms with Crippen LogP contribution in [0, 0.1) is 5.41 Å². The molecule has 0 spiro atoms. The summed E-state index contributed by atoms with van der Waals surface area (Å²) >= 11 is 3.28. The van der Waals surface area contributed by atoms with Crippen LogP contribution in [0.3, 0.4) is 0 Å². The lowest BCUT2D eigenvalue weighted by atomic mass is 9.79. The molecule has 6 nitrogen and oxygen atoms in total. The van der Waals surface area contributed by atoms with Gasteiger partial charge in [0.1, 0.15) is 11.9 Å². The van der Waals surface area contributed by atoms with Gasteiger partial charge in [-0.1, -0.05) is 34.1 Å². The lowest BCUT2D eigenvalue weighted by Gasteiger charge is -2.38. The second kappa shape index (κ2) is 8.35. The molecular formula is C22H19BrF3NO5S. The van der Waals surface area contributed by atoms with Crippen LogP contribution in [-0.4, -0.2) is 32.1 Å². The zero-order valence-electron chi connectivity index (χ0n) is 17.0. The Morgan fingerprint density at radius 3 is 2.52 bits per heavy atom. The zero-order valence-corrected chi connectivity index (χ0v) is 19.5. The van der Waals surface area contributed by atoms with E-state index in [-0.39, 0.29) is 37.2 Å². The van der Waals surface area contributed by atoms with E-state index in [4.69, 9.17) is 4.74 Å². The Labute approximate surface area is 196 Å². The molecule has 11 heteroatoms. The first-order valence-electron chi connectivity index (χ1n) is 9.97. The average molecular weight is 546 g/mol. The molecule has 1 unspecified atom stereocenters. The number of nitrogens with zero attached hydrogens (tertiary/aromatic N) is 1. The summed E-state index contributed by atoms with van der Waals surface area (Å²) < 4.78 is 74.1. The van der Waals surface area contributed by atoms with Gasteiger partial charge < -0.3 is 9.84 Å². The van der Waals surface area contributed by atoms with Gasteiger partial charge in [-0.2, -0.15) is 13.2 Å². The summed E-state index contributed by atoms with van der Waals surface area (Å²) in [6.07, 6.45) is -1.37. The summed E-state index contributed by atoms with van der Waals surface area (Å²) in [6, 6.07) is 8.22. The highest BCUT2D eigenvalue weighted by Crippen LogP contribution is 2.44. The minimum absolute atomic E-state index is 0.0411. The first-order chi connectivity index (χ1) is 15.4. The van der Waals surface area contributed by atoms with E-state index in [2.05, 4.69) is 15.9 Å². The number of ether oxygens (including phenoxy) is 1. The van der Waals surface area contributed by atoms with Crippen molar-refractivity contribution >= 4 is 37.6 Å². The molecule has 0 saturated carbocycles. The van der Waals surface area contributed by atoms with E-state index in [0.29, 0.717) is 10.5 Å². The molecule has 0 radical (unpaired) electrons. The third-order valence-corrected chi connectivity index (χ3v) is 8.13. The van der Waals surface area contributed by atoms with Crippen LogP contribution in [0.15, 0.2) is 64.0 Å². The molecule has 0 saturated heterocycles. The van der Waals surface area contributed by atoms with Crippen LogP contribution in [0.4, 0.5) is 18.9 Å². The molecule has 1 aliphatic carbocycles. The van der Waals surface area contributed by atoms with Gasteiger partial charge in [-0.3, -0.25) is 9.10 Å². The maximum Gasteiger partial charge on any atom is 0.416 e. The molecule has 1 N–H and O–H groups in total. The van der Waals surface area contributed by atoms with E-state index in [0.717, 1.165) is 22.5 Å². The van der Waals surface area contributed by atoms with Crippen molar-refractivity contribution < 1.29 is 36.2 Å². The molecule has 2 aromatic rings. The van der Waals surface area contributed by atoms with Crippen LogP contribution in [0.25, 0.3) is 0 Å². The van der Waals surface area contributed by atoms with Crippen LogP contribution in [0.5, 0.6) is 5.75 Å². The van der Waals surface area contributed by atoms with Gasteiger partial charge >= 0.3 is 12.1 Å². The number of carboxylic acids is 1. The molecule has 1 heterocycles. The predicted octanol–water partition coefficient (Wildman–Crippen LogP) is 5.24. The standard InChI is InChI=1S/C22H19BrF3NO5S/c23-15-6-7-19-18(11-15)27(13-16(32-19)12-21(20(28)29)8-1-2-9-21)33(30,31)17-5-3-4-14(10-17)22(24,25)26/h1-7,10-11,16H,8-9,12-13H2,(H,28,29). The Balaban J connectivity index is 1.75. The fourth-order valence-corrected chi connectivity index (χ4v) is 6.04. The highest BCUT2D eigenvalue weighted by Gasteiger charge is 2.45. The number of sulfonamides is 1. The number of anilines is 1. The number of carboxylic acid groups (broad SMARTS) is 1. The van der Waals surface area contributed by atoms with Gasteiger partial charge in [0.25, 0.3) is 10.0 Å². The number of hydrogen-bond donors (Lipinski definition) is 1. The first kappa shape index (κ1) is 23.6. The SMILES string of the molecule is O=C(O)C1(CC2CN(S(=O)(=O)c3cccc(C(F)(F)F)c3)c3cc(Br)ccc3O2)CC=CC1. The van der Waals surface area contributed by atoms with Crippen molar-refractivity contribution in [3.63, 3.8) is 0 Å². The van der Waals surface area contributed by atoms with Crippen LogP contribution >= 0.6 is 15.9 Å². The zero-order chi connectivity index (χ0) is 24.0. The number of allylic oxidation sites excluding steroid dienone is 2. The molecule has 176 valence electrons. The highest BCUT2D eigenvalue weighted by atomic mass is 79.9. The summed E-state index contributed by atoms with van der Waals surface area (Å²) in [5, 5.41) is 9.80. The number of rotatable bonds is 5. The van der Waals surface area contributed by atoms with Crippen LogP contribution in [0.2, 0.25) is 0 Å². The fourth-order valence-electron chi connectivity index (χ4n) is 4.14. The summed E-state index contributed by atoms with van der Waals surface area (Å²) in [5.41, 5.74) is -2.04. The molecule has 2 aliphatic rings. The maximum atomic E-state index is 13.5. The number of aliphatic carboxylic acids is 1. The number of hydrogen-bond acceptors (Lipinski definition) is 4. The summed E-state index contributed by atoms with van der Waals surface area (Å²) in [7, 11) is -4.41. The van der Waals surface area contributed by atoms with E-state index in [9.17, 15) is 31.5 Å². The van der Waals surface area contributed by atoms with Crippen LogP contribution in [-0.2, 0) is 21.0 Å². The molecule has 1 aliphatic heterocycles. The second-order valence-corrected chi connectivity index (χ2v) is 10.9. The number of benzene rings is 2. The smallest absolute Gasteiger partial charge is 0.416 e. The molecule has 1 atom stereocenters. The van der Waals surface area contributed by atoms with Crippen molar-refractivity contribution in [3.05, 3.63) is 64.7 Å². The van der Waals surface area contributed by atoms with Crippen molar-refractivity contribution in [2.75, 3.05) is 10.8 Å². The third-order valence-electron chi connectivity index (χ3n) is 5.86. The van der Waals surface area contributed by atoms with Crippen molar-refractivity contribution in [3.8, 4) is 5.75 Å². The van der Waals surface area contributed by atoms with Gasteiger partial charge in [0.2, 0.25) is 0 Å². The maximum absolute atomic E-state index is 13.5. The third kappa shape index (κ3) is 4.48. The van der Waals surface area contributed by atoms with E-state index >= 15 is 0 Å². The summed E-state index contributed by atoms with van der Waals surface area (Å²) in [6.45, 7) is -0.239. The largest absolute Gasteiger partial charge is 0.486 e. The van der Waals surface area contributed by atoms with Gasteiger partial charge in [-0.15, -0.1) is 0 Å². The Morgan fingerprint density at radius 1 is 1.18 bits per heavy atom. The van der Waals surface area contributed by atoms with Crippen molar-refractivity contribution in [1.82, 2.24) is 0 Å². The monoisotopic (exact) mass is 545 g/mol.